The van der Waals surface area contributed by atoms with Crippen LogP contribution in [0.5, 0.6) is 0 Å². The Hall–Kier alpha value is -2.37. The third-order valence-corrected chi connectivity index (χ3v) is 6.25. The third-order valence-electron chi connectivity index (χ3n) is 6.00. The highest BCUT2D eigenvalue weighted by Gasteiger charge is 2.17. The Morgan fingerprint density at radius 2 is 2.03 bits per heavy atom. The predicted octanol–water partition coefficient (Wildman–Crippen LogP) is 4.73. The number of piperidine rings is 1. The molecule has 2 heterocycles. The van der Waals surface area contributed by atoms with Gasteiger partial charge in [-0.05, 0) is 62.6 Å². The van der Waals surface area contributed by atoms with Crippen LogP contribution in [0.1, 0.15) is 48.5 Å². The topological polar surface area (TPSA) is 50.2 Å². The highest BCUT2D eigenvalue weighted by Crippen LogP contribution is 2.19. The highest BCUT2D eigenvalue weighted by atomic mass is 35.5. The van der Waals surface area contributed by atoms with Gasteiger partial charge in [-0.15, -0.1) is 0 Å². The highest BCUT2D eigenvalue weighted by molar-refractivity contribution is 6.30. The Morgan fingerprint density at radius 3 is 2.83 bits per heavy atom. The van der Waals surface area contributed by atoms with Crippen molar-refractivity contribution < 1.29 is 4.79 Å². The lowest BCUT2D eigenvalue weighted by molar-refractivity contribution is 0.0949. The fourth-order valence-electron chi connectivity index (χ4n) is 4.18. The minimum atomic E-state index is -0.0252. The van der Waals surface area contributed by atoms with E-state index in [9.17, 15) is 4.79 Å². The predicted molar refractivity (Wildman–Crippen MR) is 122 cm³/mol. The van der Waals surface area contributed by atoms with Crippen LogP contribution in [0.3, 0.4) is 0 Å². The summed E-state index contributed by atoms with van der Waals surface area (Å²) in [5, 5.41) is 9.32. The fraction of sp³-hybridized carbons (Fsp3) is 0.417. The minimum Gasteiger partial charge on any atom is -0.352 e. The Labute approximate surface area is 183 Å². The van der Waals surface area contributed by atoms with Crippen molar-refractivity contribution in [2.45, 2.75) is 45.2 Å². The number of carbonyl (C=O) groups excluding carboxylic acids is 1. The number of halogens is 1. The summed E-state index contributed by atoms with van der Waals surface area (Å²) in [6.45, 7) is 5.88. The molecule has 2 aromatic carbocycles. The minimum absolute atomic E-state index is 0.0252. The monoisotopic (exact) mass is 424 g/mol. The van der Waals surface area contributed by atoms with Gasteiger partial charge in [-0.2, -0.15) is 5.10 Å². The van der Waals surface area contributed by atoms with Crippen molar-refractivity contribution in [1.82, 2.24) is 20.0 Å². The fourth-order valence-corrected chi connectivity index (χ4v) is 4.30. The first-order valence-electron chi connectivity index (χ1n) is 10.8. The van der Waals surface area contributed by atoms with E-state index in [1.807, 2.05) is 53.3 Å². The first kappa shape index (κ1) is 20.9. The number of hydrogen-bond acceptors (Lipinski definition) is 3. The van der Waals surface area contributed by atoms with E-state index in [1.54, 1.807) is 0 Å². The van der Waals surface area contributed by atoms with E-state index < -0.39 is 0 Å². The van der Waals surface area contributed by atoms with Gasteiger partial charge in [0, 0.05) is 35.1 Å². The van der Waals surface area contributed by atoms with Crippen molar-refractivity contribution in [3.63, 3.8) is 0 Å². The zero-order chi connectivity index (χ0) is 20.9. The van der Waals surface area contributed by atoms with Gasteiger partial charge in [-0.3, -0.25) is 9.48 Å². The molecule has 1 saturated heterocycles. The normalized spacial score (nSPS) is 17.3. The maximum Gasteiger partial charge on any atom is 0.251 e. The number of aromatic nitrogens is 2. The molecule has 0 radical (unpaired) electrons. The quantitative estimate of drug-likeness (QED) is 0.557. The average molecular weight is 425 g/mol. The summed E-state index contributed by atoms with van der Waals surface area (Å²) in [4.78, 5) is 15.2. The number of nitrogens with one attached hydrogen (secondary N) is 1. The number of likely N-dealkylation sites (tertiary alicyclic amines) is 1. The van der Waals surface area contributed by atoms with Crippen molar-refractivity contribution in [3.05, 3.63) is 64.8 Å². The van der Waals surface area contributed by atoms with Crippen LogP contribution in [0.15, 0.2) is 48.7 Å². The summed E-state index contributed by atoms with van der Waals surface area (Å²) in [5.74, 6) is -0.0252. The van der Waals surface area contributed by atoms with E-state index in [2.05, 4.69) is 22.2 Å². The summed E-state index contributed by atoms with van der Waals surface area (Å²) in [5.41, 5.74) is 2.75. The molecule has 4 rings (SSSR count). The van der Waals surface area contributed by atoms with Crippen LogP contribution >= 0.6 is 11.6 Å². The molecule has 0 spiro atoms. The second kappa shape index (κ2) is 9.63. The van der Waals surface area contributed by atoms with E-state index >= 15 is 0 Å². The number of hydrogen-bond donors (Lipinski definition) is 1. The lowest BCUT2D eigenvalue weighted by atomic mass is 10.0. The molecular weight excluding hydrogens is 396 g/mol. The second-order valence-corrected chi connectivity index (χ2v) is 8.63. The Balaban J connectivity index is 1.36. The summed E-state index contributed by atoms with van der Waals surface area (Å²) in [7, 11) is 0. The van der Waals surface area contributed by atoms with Gasteiger partial charge < -0.3 is 10.2 Å². The van der Waals surface area contributed by atoms with Gasteiger partial charge >= 0.3 is 0 Å². The summed E-state index contributed by atoms with van der Waals surface area (Å²) in [6, 6.07) is 14.2. The van der Waals surface area contributed by atoms with Gasteiger partial charge in [-0.1, -0.05) is 36.2 Å². The zero-order valence-electron chi connectivity index (χ0n) is 17.5. The zero-order valence-corrected chi connectivity index (χ0v) is 18.2. The van der Waals surface area contributed by atoms with E-state index in [0.717, 1.165) is 34.5 Å². The molecular formula is C24H29ClN4O. The smallest absolute Gasteiger partial charge is 0.251 e. The van der Waals surface area contributed by atoms with Crippen LogP contribution in [-0.4, -0.2) is 46.3 Å². The third kappa shape index (κ3) is 5.02. The van der Waals surface area contributed by atoms with Gasteiger partial charge in [0.25, 0.3) is 5.91 Å². The molecule has 0 unspecified atom stereocenters. The molecule has 1 aliphatic heterocycles. The molecule has 30 heavy (non-hydrogen) atoms. The Bertz CT molecular complexity index is 998. The van der Waals surface area contributed by atoms with Crippen molar-refractivity contribution in [1.29, 1.82) is 0 Å². The van der Waals surface area contributed by atoms with E-state index in [4.69, 9.17) is 11.6 Å². The number of benzene rings is 2. The number of rotatable bonds is 7. The molecule has 1 amide bonds. The van der Waals surface area contributed by atoms with Crippen LogP contribution in [0.25, 0.3) is 10.9 Å². The van der Waals surface area contributed by atoms with Crippen molar-refractivity contribution in [2.75, 3.05) is 19.6 Å². The van der Waals surface area contributed by atoms with Crippen LogP contribution in [0, 0.1) is 0 Å². The first-order chi connectivity index (χ1) is 14.6. The average Bonchev–Trinajstić information content (AvgIpc) is 3.16. The maximum absolute atomic E-state index is 12.7. The standard InChI is InChI=1S/C24H29ClN4O/c1-18-5-2-3-13-28(18)14-4-12-26-24(30)20-8-9-21-16-27-29(23(21)15-20)17-19-6-10-22(25)11-7-19/h6-11,15-16,18H,2-5,12-14,17H2,1H3,(H,26,30)/t18-/m1/s1. The molecule has 1 N–H and O–H groups in total. The molecule has 6 heteroatoms. The molecule has 158 valence electrons. The van der Waals surface area contributed by atoms with E-state index in [0.29, 0.717) is 24.7 Å². The number of fused-ring (bicyclic) bond motifs is 1. The van der Waals surface area contributed by atoms with Crippen LogP contribution < -0.4 is 5.32 Å². The van der Waals surface area contributed by atoms with E-state index in [1.165, 1.54) is 25.8 Å². The maximum atomic E-state index is 12.7. The molecule has 5 nitrogen and oxygen atoms in total. The molecule has 0 saturated carbocycles. The van der Waals surface area contributed by atoms with Crippen LogP contribution in [0.4, 0.5) is 0 Å². The molecule has 1 aliphatic rings. The summed E-state index contributed by atoms with van der Waals surface area (Å²) in [6.07, 6.45) is 6.74. The Morgan fingerprint density at radius 1 is 1.20 bits per heavy atom. The lowest BCUT2D eigenvalue weighted by Gasteiger charge is -2.33. The summed E-state index contributed by atoms with van der Waals surface area (Å²) < 4.78 is 1.92. The molecule has 1 atom stereocenters. The van der Waals surface area contributed by atoms with Gasteiger partial charge in [-0.25, -0.2) is 0 Å². The molecule has 3 aromatic rings. The largest absolute Gasteiger partial charge is 0.352 e. The Kier molecular flexibility index (Phi) is 6.70. The molecule has 1 fully saturated rings. The van der Waals surface area contributed by atoms with Crippen molar-refractivity contribution in [3.8, 4) is 0 Å². The van der Waals surface area contributed by atoms with Gasteiger partial charge in [0.05, 0.1) is 18.3 Å². The number of nitrogens with zero attached hydrogens (tertiary/aromatic N) is 3. The number of carbonyl (C=O) groups is 1. The lowest BCUT2D eigenvalue weighted by Crippen LogP contribution is -2.39. The van der Waals surface area contributed by atoms with Crippen LogP contribution in [0.2, 0.25) is 5.02 Å². The van der Waals surface area contributed by atoms with Gasteiger partial charge in [0.15, 0.2) is 0 Å². The number of amides is 1. The van der Waals surface area contributed by atoms with Crippen LogP contribution in [-0.2, 0) is 6.54 Å². The SMILES string of the molecule is C[C@@H]1CCCCN1CCCNC(=O)c1ccc2cnn(Cc3ccc(Cl)cc3)c2c1. The molecule has 1 aromatic heterocycles. The van der Waals surface area contributed by atoms with Crippen molar-refractivity contribution in [2.24, 2.45) is 0 Å². The molecule has 0 bridgehead atoms. The second-order valence-electron chi connectivity index (χ2n) is 8.19. The molecule has 0 aliphatic carbocycles. The van der Waals surface area contributed by atoms with Gasteiger partial charge in [0.1, 0.15) is 0 Å². The van der Waals surface area contributed by atoms with Crippen molar-refractivity contribution >= 4 is 28.4 Å². The van der Waals surface area contributed by atoms with Gasteiger partial charge in [0.2, 0.25) is 0 Å². The summed E-state index contributed by atoms with van der Waals surface area (Å²) >= 11 is 5.98. The first-order valence-corrected chi connectivity index (χ1v) is 11.2. The van der Waals surface area contributed by atoms with E-state index in [-0.39, 0.29) is 5.91 Å².